The largest absolute Gasteiger partial charge is 0.376 e. The summed E-state index contributed by atoms with van der Waals surface area (Å²) in [6.45, 7) is 3.40. The van der Waals surface area contributed by atoms with Gasteiger partial charge in [0.2, 0.25) is 0 Å². The lowest BCUT2D eigenvalue weighted by molar-refractivity contribution is -0.173. The first-order valence-corrected chi connectivity index (χ1v) is 9.57. The quantitative estimate of drug-likeness (QED) is 0.836. The van der Waals surface area contributed by atoms with Crippen molar-refractivity contribution >= 4 is 5.91 Å². The molecule has 2 atom stereocenters. The van der Waals surface area contributed by atoms with E-state index >= 15 is 0 Å². The van der Waals surface area contributed by atoms with Gasteiger partial charge in [0.15, 0.2) is 6.10 Å². The van der Waals surface area contributed by atoms with Crippen LogP contribution in [-0.2, 0) is 26.4 Å². The molecule has 0 bridgehead atoms. The van der Waals surface area contributed by atoms with Gasteiger partial charge >= 0.3 is 0 Å². The van der Waals surface area contributed by atoms with Crippen LogP contribution >= 0.6 is 0 Å². The number of hydrogen-bond donors (Lipinski definition) is 1. The Labute approximate surface area is 152 Å². The number of rotatable bonds is 5. The zero-order valence-electron chi connectivity index (χ0n) is 15.0. The number of ether oxygens (including phenoxy) is 2. The molecule has 2 saturated heterocycles. The molecule has 4 rings (SSSR count). The summed E-state index contributed by atoms with van der Waals surface area (Å²) in [6, 6.07) is 0. The van der Waals surface area contributed by atoms with Gasteiger partial charge in [0, 0.05) is 45.2 Å². The third-order valence-electron chi connectivity index (χ3n) is 5.74. The number of aromatic nitrogens is 2. The van der Waals surface area contributed by atoms with Gasteiger partial charge in [-0.05, 0) is 25.7 Å². The standard InChI is InChI=1S/C18H27FN4O3/c19-5-9-22-7-3-18(4-8-22)17-20-6-10-23(17)13-15(26-18)16(24)21-12-14-2-1-11-25-14/h6,10,14-15H,1-5,7-9,11-13H2,(H,21,24)/t14-,15+/m1/s1. The van der Waals surface area contributed by atoms with E-state index in [-0.39, 0.29) is 18.7 Å². The predicted molar refractivity (Wildman–Crippen MR) is 92.4 cm³/mol. The molecule has 0 aromatic carbocycles. The summed E-state index contributed by atoms with van der Waals surface area (Å²) in [4.78, 5) is 19.3. The van der Waals surface area contributed by atoms with Crippen molar-refractivity contribution in [1.29, 1.82) is 0 Å². The number of imidazole rings is 1. The molecule has 3 aliphatic rings. The molecule has 0 radical (unpaired) electrons. The molecule has 7 nitrogen and oxygen atoms in total. The maximum atomic E-state index is 12.7. The fraction of sp³-hybridized carbons (Fsp3) is 0.778. The van der Waals surface area contributed by atoms with E-state index in [1.807, 2.05) is 10.8 Å². The molecule has 144 valence electrons. The number of carbonyl (C=O) groups is 1. The minimum atomic E-state index is -0.555. The molecule has 0 aliphatic carbocycles. The average molecular weight is 366 g/mol. The monoisotopic (exact) mass is 366 g/mol. The Morgan fingerprint density at radius 2 is 2.27 bits per heavy atom. The van der Waals surface area contributed by atoms with E-state index in [4.69, 9.17) is 9.47 Å². The summed E-state index contributed by atoms with van der Waals surface area (Å²) < 4.78 is 26.6. The molecule has 0 saturated carbocycles. The highest BCUT2D eigenvalue weighted by Gasteiger charge is 2.47. The second-order valence-corrected chi connectivity index (χ2v) is 7.41. The summed E-state index contributed by atoms with van der Waals surface area (Å²) in [5.41, 5.74) is -0.555. The Bertz CT molecular complexity index is 624. The molecule has 1 amide bonds. The van der Waals surface area contributed by atoms with Gasteiger partial charge in [0.05, 0.1) is 12.6 Å². The van der Waals surface area contributed by atoms with Crippen molar-refractivity contribution in [2.24, 2.45) is 0 Å². The van der Waals surface area contributed by atoms with Crippen molar-refractivity contribution < 1.29 is 18.7 Å². The zero-order valence-corrected chi connectivity index (χ0v) is 15.0. The van der Waals surface area contributed by atoms with Gasteiger partial charge in [-0.1, -0.05) is 0 Å². The minimum Gasteiger partial charge on any atom is -0.376 e. The van der Waals surface area contributed by atoms with Gasteiger partial charge in [0.25, 0.3) is 5.91 Å². The van der Waals surface area contributed by atoms with Crippen LogP contribution in [0, 0.1) is 0 Å². The van der Waals surface area contributed by atoms with Crippen molar-refractivity contribution in [2.45, 2.75) is 50.0 Å². The molecule has 1 aromatic heterocycles. The number of hydrogen-bond acceptors (Lipinski definition) is 5. The van der Waals surface area contributed by atoms with Crippen LogP contribution in [-0.4, -0.2) is 72.0 Å². The molecule has 8 heteroatoms. The van der Waals surface area contributed by atoms with Gasteiger partial charge < -0.3 is 24.3 Å². The van der Waals surface area contributed by atoms with Crippen molar-refractivity contribution in [1.82, 2.24) is 19.8 Å². The fourth-order valence-electron chi connectivity index (χ4n) is 4.27. The molecular formula is C18H27FN4O3. The average Bonchev–Trinajstić information content (AvgIpc) is 3.33. The summed E-state index contributed by atoms with van der Waals surface area (Å²) in [5.74, 6) is 0.797. The number of likely N-dealkylation sites (tertiary alicyclic amines) is 1. The van der Waals surface area contributed by atoms with Crippen LogP contribution < -0.4 is 5.32 Å². The normalized spacial score (nSPS) is 28.2. The third-order valence-corrected chi connectivity index (χ3v) is 5.74. The van der Waals surface area contributed by atoms with Gasteiger partial charge in [-0.2, -0.15) is 0 Å². The Morgan fingerprint density at radius 1 is 1.42 bits per heavy atom. The van der Waals surface area contributed by atoms with Gasteiger partial charge in [-0.15, -0.1) is 0 Å². The van der Waals surface area contributed by atoms with Crippen molar-refractivity contribution in [3.8, 4) is 0 Å². The molecule has 0 unspecified atom stereocenters. The van der Waals surface area contributed by atoms with Crippen LogP contribution in [0.15, 0.2) is 12.4 Å². The number of halogens is 1. The van der Waals surface area contributed by atoms with Crippen LogP contribution in [0.3, 0.4) is 0 Å². The lowest BCUT2D eigenvalue weighted by Gasteiger charge is -2.45. The molecule has 1 spiro atoms. The van der Waals surface area contributed by atoms with E-state index in [1.54, 1.807) is 6.20 Å². The molecule has 1 aromatic rings. The van der Waals surface area contributed by atoms with E-state index in [0.717, 1.165) is 51.2 Å². The van der Waals surface area contributed by atoms with E-state index in [2.05, 4.69) is 15.2 Å². The first-order chi connectivity index (χ1) is 12.7. The Hall–Kier alpha value is -1.51. The van der Waals surface area contributed by atoms with Crippen LogP contribution in [0.1, 0.15) is 31.5 Å². The molecule has 3 aliphatic heterocycles. The highest BCUT2D eigenvalue weighted by atomic mass is 19.1. The number of fused-ring (bicyclic) bond motifs is 2. The van der Waals surface area contributed by atoms with Crippen molar-refractivity contribution in [3.63, 3.8) is 0 Å². The van der Waals surface area contributed by atoms with Crippen LogP contribution in [0.25, 0.3) is 0 Å². The Kier molecular flexibility index (Phi) is 5.24. The van der Waals surface area contributed by atoms with Crippen LogP contribution in [0.5, 0.6) is 0 Å². The van der Waals surface area contributed by atoms with E-state index in [0.29, 0.717) is 19.6 Å². The van der Waals surface area contributed by atoms with Gasteiger partial charge in [-0.25, -0.2) is 9.37 Å². The maximum Gasteiger partial charge on any atom is 0.251 e. The summed E-state index contributed by atoms with van der Waals surface area (Å²) in [5, 5.41) is 2.99. The zero-order chi connectivity index (χ0) is 18.0. The summed E-state index contributed by atoms with van der Waals surface area (Å²) in [6.07, 6.45) is 6.74. The number of nitrogens with one attached hydrogen (secondary N) is 1. The highest BCUT2D eigenvalue weighted by Crippen LogP contribution is 2.40. The Morgan fingerprint density at radius 3 is 3.00 bits per heavy atom. The SMILES string of the molecule is O=C(NC[C@H]1CCCO1)[C@@H]1Cn2ccnc2C2(CCN(CCF)CC2)O1. The molecular weight excluding hydrogens is 339 g/mol. The number of nitrogens with zero attached hydrogens (tertiary/aromatic N) is 3. The predicted octanol–water partition coefficient (Wildman–Crippen LogP) is 0.838. The second-order valence-electron chi connectivity index (χ2n) is 7.41. The molecule has 4 heterocycles. The fourth-order valence-corrected chi connectivity index (χ4v) is 4.27. The second kappa shape index (κ2) is 7.62. The molecule has 26 heavy (non-hydrogen) atoms. The number of piperidine rings is 1. The van der Waals surface area contributed by atoms with Gasteiger partial charge in [-0.3, -0.25) is 4.79 Å². The summed E-state index contributed by atoms with van der Waals surface area (Å²) >= 11 is 0. The lowest BCUT2D eigenvalue weighted by atomic mass is 9.88. The first-order valence-electron chi connectivity index (χ1n) is 9.57. The third kappa shape index (κ3) is 3.50. The smallest absolute Gasteiger partial charge is 0.251 e. The maximum absolute atomic E-state index is 12.7. The van der Waals surface area contributed by atoms with Gasteiger partial charge in [0.1, 0.15) is 18.1 Å². The minimum absolute atomic E-state index is 0.0922. The molecule has 1 N–H and O–H groups in total. The molecule has 2 fully saturated rings. The summed E-state index contributed by atoms with van der Waals surface area (Å²) in [7, 11) is 0. The van der Waals surface area contributed by atoms with Crippen molar-refractivity contribution in [3.05, 3.63) is 18.2 Å². The van der Waals surface area contributed by atoms with E-state index in [9.17, 15) is 9.18 Å². The highest BCUT2D eigenvalue weighted by molar-refractivity contribution is 5.81. The number of amides is 1. The van der Waals surface area contributed by atoms with E-state index in [1.165, 1.54) is 0 Å². The number of alkyl halides is 1. The van der Waals surface area contributed by atoms with Crippen molar-refractivity contribution in [2.75, 3.05) is 39.5 Å². The van der Waals surface area contributed by atoms with E-state index < -0.39 is 11.7 Å². The number of carbonyl (C=O) groups excluding carboxylic acids is 1. The topological polar surface area (TPSA) is 68.6 Å². The lowest BCUT2D eigenvalue weighted by Crippen LogP contribution is -2.54. The van der Waals surface area contributed by atoms with Crippen LogP contribution in [0.2, 0.25) is 0 Å². The Balaban J connectivity index is 1.43. The van der Waals surface area contributed by atoms with Crippen LogP contribution in [0.4, 0.5) is 4.39 Å². The first kappa shape index (κ1) is 17.9.